The van der Waals surface area contributed by atoms with Gasteiger partial charge in [0.25, 0.3) is 0 Å². The minimum absolute atomic E-state index is 0.267. The van der Waals surface area contributed by atoms with Crippen LogP contribution in [0.5, 0.6) is 0 Å². The molecule has 0 radical (unpaired) electrons. The first kappa shape index (κ1) is 18.1. The average Bonchev–Trinajstić information content (AvgIpc) is 2.53. The van der Waals surface area contributed by atoms with Gasteiger partial charge in [-0.1, -0.05) is 65.2 Å². The average molecular weight is 291 g/mol. The van der Waals surface area contributed by atoms with Gasteiger partial charge < -0.3 is 0 Å². The number of unbranched alkanes of at least 4 members (excludes halogenated alkanes) is 7. The van der Waals surface area contributed by atoms with Gasteiger partial charge in [0.2, 0.25) is 0 Å². The van der Waals surface area contributed by atoms with Crippen molar-refractivity contribution in [2.45, 2.75) is 84.1 Å². The zero-order valence-corrected chi connectivity index (χ0v) is 13.9. The lowest BCUT2D eigenvalue weighted by Gasteiger charge is -2.19. The molecule has 0 saturated carbocycles. The van der Waals surface area contributed by atoms with Crippen molar-refractivity contribution in [1.29, 1.82) is 0 Å². The van der Waals surface area contributed by atoms with Crippen LogP contribution in [-0.4, -0.2) is 4.98 Å². The predicted octanol–water partition coefficient (Wildman–Crippen LogP) is 4.68. The third-order valence-electron chi connectivity index (χ3n) is 4.25. The van der Waals surface area contributed by atoms with E-state index in [9.17, 15) is 0 Å². The van der Waals surface area contributed by atoms with Gasteiger partial charge in [0.1, 0.15) is 0 Å². The fourth-order valence-corrected chi connectivity index (χ4v) is 2.88. The van der Waals surface area contributed by atoms with Crippen LogP contribution >= 0.6 is 0 Å². The molecule has 1 atom stereocenters. The van der Waals surface area contributed by atoms with Crippen molar-refractivity contribution < 1.29 is 0 Å². The molecule has 0 fully saturated rings. The van der Waals surface area contributed by atoms with Crippen LogP contribution in [0.1, 0.15) is 88.8 Å². The van der Waals surface area contributed by atoms with Crippen LogP contribution in [0.2, 0.25) is 0 Å². The second-order valence-corrected chi connectivity index (χ2v) is 5.91. The molecule has 3 N–H and O–H groups in total. The van der Waals surface area contributed by atoms with Gasteiger partial charge >= 0.3 is 0 Å². The second kappa shape index (κ2) is 11.7. The number of aromatic nitrogens is 1. The van der Waals surface area contributed by atoms with Gasteiger partial charge in [-0.2, -0.15) is 0 Å². The Morgan fingerprint density at radius 3 is 2.33 bits per heavy atom. The van der Waals surface area contributed by atoms with Gasteiger partial charge in [0.05, 0.1) is 0 Å². The van der Waals surface area contributed by atoms with E-state index in [2.05, 4.69) is 30.3 Å². The van der Waals surface area contributed by atoms with Crippen molar-refractivity contribution >= 4 is 0 Å². The number of nitrogens with one attached hydrogen (secondary N) is 1. The normalized spacial score (nSPS) is 12.5. The zero-order chi connectivity index (χ0) is 15.3. The largest absolute Gasteiger partial charge is 0.271 e. The Labute approximate surface area is 130 Å². The molecule has 0 aliphatic heterocycles. The van der Waals surface area contributed by atoms with E-state index in [-0.39, 0.29) is 6.04 Å². The van der Waals surface area contributed by atoms with Crippen molar-refractivity contribution in [2.24, 2.45) is 5.84 Å². The fourth-order valence-electron chi connectivity index (χ4n) is 2.88. The summed E-state index contributed by atoms with van der Waals surface area (Å²) < 4.78 is 0. The maximum Gasteiger partial charge on any atom is 0.0463 e. The highest BCUT2D eigenvalue weighted by atomic mass is 15.2. The van der Waals surface area contributed by atoms with Gasteiger partial charge in [0.15, 0.2) is 0 Å². The molecule has 3 nitrogen and oxygen atoms in total. The number of hydrogen-bond acceptors (Lipinski definition) is 3. The van der Waals surface area contributed by atoms with Crippen LogP contribution in [0.4, 0.5) is 0 Å². The first-order valence-corrected chi connectivity index (χ1v) is 8.72. The van der Waals surface area contributed by atoms with Gasteiger partial charge in [-0.15, -0.1) is 0 Å². The molecule has 1 aromatic rings. The number of nitrogens with zero attached hydrogens (tertiary/aromatic N) is 1. The minimum Gasteiger partial charge on any atom is -0.271 e. The summed E-state index contributed by atoms with van der Waals surface area (Å²) >= 11 is 0. The topological polar surface area (TPSA) is 50.9 Å². The minimum atomic E-state index is 0.267. The quantitative estimate of drug-likeness (QED) is 0.334. The van der Waals surface area contributed by atoms with Gasteiger partial charge in [-0.25, -0.2) is 0 Å². The van der Waals surface area contributed by atoms with E-state index in [4.69, 9.17) is 5.84 Å². The molecule has 1 unspecified atom stereocenters. The Bertz CT molecular complexity index is 365. The van der Waals surface area contributed by atoms with Crippen molar-refractivity contribution in [3.8, 4) is 0 Å². The van der Waals surface area contributed by atoms with Crippen LogP contribution in [0, 0.1) is 0 Å². The van der Waals surface area contributed by atoms with E-state index in [1.807, 2.05) is 12.4 Å². The molecule has 1 aromatic heterocycles. The molecular weight excluding hydrogens is 258 g/mol. The summed E-state index contributed by atoms with van der Waals surface area (Å²) in [7, 11) is 0. The number of aryl methyl sites for hydroxylation is 1. The number of hydrogen-bond donors (Lipinski definition) is 2. The summed E-state index contributed by atoms with van der Waals surface area (Å²) in [6, 6.07) is 2.37. The monoisotopic (exact) mass is 291 g/mol. The Balaban J connectivity index is 2.25. The summed E-state index contributed by atoms with van der Waals surface area (Å²) in [5, 5.41) is 0. The molecule has 21 heavy (non-hydrogen) atoms. The standard InChI is InChI=1S/C18H33N3/c1-3-5-6-7-8-9-10-11-12-18(21-19)17-13-14-20-15-16(17)4-2/h13-15,18,21H,3-12,19H2,1-2H3. The molecule has 0 aliphatic carbocycles. The number of pyridine rings is 1. The lowest BCUT2D eigenvalue weighted by molar-refractivity contribution is 0.472. The summed E-state index contributed by atoms with van der Waals surface area (Å²) in [5.74, 6) is 5.75. The van der Waals surface area contributed by atoms with Crippen molar-refractivity contribution in [3.05, 3.63) is 29.6 Å². The SMILES string of the molecule is CCCCCCCCCCC(NN)c1ccncc1CC. The van der Waals surface area contributed by atoms with E-state index in [0.29, 0.717) is 0 Å². The molecule has 0 bridgehead atoms. The number of nitrogens with two attached hydrogens (primary N) is 1. The lowest BCUT2D eigenvalue weighted by Crippen LogP contribution is -2.28. The lowest BCUT2D eigenvalue weighted by atomic mass is 9.96. The van der Waals surface area contributed by atoms with Gasteiger partial charge in [-0.05, 0) is 30.0 Å². The molecule has 0 spiro atoms. The summed E-state index contributed by atoms with van der Waals surface area (Å²) in [6.45, 7) is 4.44. The maximum atomic E-state index is 5.75. The molecule has 120 valence electrons. The first-order chi connectivity index (χ1) is 10.3. The molecular formula is C18H33N3. The van der Waals surface area contributed by atoms with E-state index < -0.39 is 0 Å². The molecule has 1 heterocycles. The Morgan fingerprint density at radius 1 is 1.05 bits per heavy atom. The predicted molar refractivity (Wildman–Crippen MR) is 90.9 cm³/mol. The Morgan fingerprint density at radius 2 is 1.71 bits per heavy atom. The van der Waals surface area contributed by atoms with Crippen molar-refractivity contribution in [1.82, 2.24) is 10.4 Å². The fraction of sp³-hybridized carbons (Fsp3) is 0.722. The van der Waals surface area contributed by atoms with Crippen molar-refractivity contribution in [2.75, 3.05) is 0 Å². The zero-order valence-electron chi connectivity index (χ0n) is 13.9. The second-order valence-electron chi connectivity index (χ2n) is 5.91. The summed E-state index contributed by atoms with van der Waals surface area (Å²) in [5.41, 5.74) is 5.61. The highest BCUT2D eigenvalue weighted by Gasteiger charge is 2.12. The maximum absolute atomic E-state index is 5.75. The van der Waals surface area contributed by atoms with E-state index in [0.717, 1.165) is 12.8 Å². The smallest absolute Gasteiger partial charge is 0.0463 e. The molecule has 0 amide bonds. The highest BCUT2D eigenvalue weighted by Crippen LogP contribution is 2.23. The van der Waals surface area contributed by atoms with Gasteiger partial charge in [-0.3, -0.25) is 16.3 Å². The molecule has 3 heteroatoms. The van der Waals surface area contributed by atoms with Gasteiger partial charge in [0, 0.05) is 18.4 Å². The summed E-state index contributed by atoms with van der Waals surface area (Å²) in [6.07, 6.45) is 16.8. The Kier molecular flexibility index (Phi) is 10.1. The van der Waals surface area contributed by atoms with Crippen LogP contribution in [0.15, 0.2) is 18.5 Å². The molecule has 0 aliphatic rings. The van der Waals surface area contributed by atoms with Crippen LogP contribution in [-0.2, 0) is 6.42 Å². The first-order valence-electron chi connectivity index (χ1n) is 8.72. The van der Waals surface area contributed by atoms with Crippen molar-refractivity contribution in [3.63, 3.8) is 0 Å². The third-order valence-corrected chi connectivity index (χ3v) is 4.25. The van der Waals surface area contributed by atoms with E-state index >= 15 is 0 Å². The molecule has 1 rings (SSSR count). The third kappa shape index (κ3) is 7.05. The van der Waals surface area contributed by atoms with Crippen LogP contribution in [0.25, 0.3) is 0 Å². The van der Waals surface area contributed by atoms with E-state index in [1.54, 1.807) is 0 Å². The molecule has 0 saturated heterocycles. The number of hydrazine groups is 1. The number of rotatable bonds is 12. The van der Waals surface area contributed by atoms with Crippen LogP contribution in [0.3, 0.4) is 0 Å². The van der Waals surface area contributed by atoms with E-state index in [1.165, 1.54) is 62.5 Å². The molecule has 0 aromatic carbocycles. The summed E-state index contributed by atoms with van der Waals surface area (Å²) in [4.78, 5) is 4.21. The van der Waals surface area contributed by atoms with Crippen LogP contribution < -0.4 is 11.3 Å². The Hall–Kier alpha value is -0.930. The highest BCUT2D eigenvalue weighted by molar-refractivity contribution is 5.26.